The fraction of sp³-hybridized carbons (Fsp3) is 0.133. The summed E-state index contributed by atoms with van der Waals surface area (Å²) in [6.45, 7) is 2.09. The Labute approximate surface area is 128 Å². The van der Waals surface area contributed by atoms with Gasteiger partial charge in [-0.05, 0) is 36.1 Å². The second kappa shape index (κ2) is 6.64. The molecule has 2 aromatic rings. The lowest BCUT2D eigenvalue weighted by atomic mass is 9.79. The van der Waals surface area contributed by atoms with Crippen molar-refractivity contribution in [3.05, 3.63) is 58.1 Å². The highest BCUT2D eigenvalue weighted by Crippen LogP contribution is 2.22. The fourth-order valence-electron chi connectivity index (χ4n) is 1.88. The fourth-order valence-corrected chi connectivity index (χ4v) is 2.12. The first-order valence-electron chi connectivity index (χ1n) is 6.29. The quantitative estimate of drug-likeness (QED) is 0.844. The molecule has 0 bridgehead atoms. The van der Waals surface area contributed by atoms with E-state index >= 15 is 0 Å². The van der Waals surface area contributed by atoms with Crippen molar-refractivity contribution in [2.75, 3.05) is 0 Å². The number of nitrogens with zero attached hydrogens (tertiary/aromatic N) is 1. The molecule has 0 saturated carbocycles. The van der Waals surface area contributed by atoms with Crippen LogP contribution in [0, 0.1) is 18.3 Å². The van der Waals surface area contributed by atoms with E-state index in [2.05, 4.69) is 0 Å². The zero-order valence-electron chi connectivity index (χ0n) is 11.4. The van der Waals surface area contributed by atoms with E-state index < -0.39 is 7.12 Å². The second-order valence-corrected chi connectivity index (χ2v) is 5.01. The molecule has 6 heteroatoms. The van der Waals surface area contributed by atoms with Gasteiger partial charge in [-0.15, -0.1) is 0 Å². The average molecular weight is 302 g/mol. The van der Waals surface area contributed by atoms with Crippen LogP contribution in [0.5, 0.6) is 5.75 Å². The van der Waals surface area contributed by atoms with Crippen LogP contribution in [0.15, 0.2) is 36.4 Å². The highest BCUT2D eigenvalue weighted by molar-refractivity contribution is 6.58. The average Bonchev–Trinajstić information content (AvgIpc) is 2.46. The molecule has 4 nitrogen and oxygen atoms in total. The van der Waals surface area contributed by atoms with Gasteiger partial charge in [0.05, 0.1) is 11.6 Å². The van der Waals surface area contributed by atoms with Crippen LogP contribution in [0.3, 0.4) is 0 Å². The molecule has 0 atom stereocenters. The molecule has 0 unspecified atom stereocenters. The number of aryl methyl sites for hydroxylation is 1. The summed E-state index contributed by atoms with van der Waals surface area (Å²) in [4.78, 5) is 0. The third-order valence-electron chi connectivity index (χ3n) is 3.06. The molecule has 2 N–H and O–H groups in total. The van der Waals surface area contributed by atoms with E-state index in [1.807, 2.05) is 13.0 Å². The third kappa shape index (κ3) is 3.76. The lowest BCUT2D eigenvalue weighted by Gasteiger charge is -2.11. The highest BCUT2D eigenvalue weighted by atomic mass is 35.5. The molecule has 2 rings (SSSR count). The van der Waals surface area contributed by atoms with Crippen molar-refractivity contribution in [1.29, 1.82) is 5.26 Å². The molecule has 0 amide bonds. The monoisotopic (exact) mass is 301 g/mol. The number of rotatable bonds is 4. The summed E-state index contributed by atoms with van der Waals surface area (Å²) >= 11 is 6.08. The summed E-state index contributed by atoms with van der Waals surface area (Å²) in [7, 11) is -1.49. The van der Waals surface area contributed by atoms with E-state index in [9.17, 15) is 0 Å². The van der Waals surface area contributed by atoms with Crippen molar-refractivity contribution >= 4 is 24.2 Å². The van der Waals surface area contributed by atoms with Gasteiger partial charge in [-0.3, -0.25) is 0 Å². The van der Waals surface area contributed by atoms with Crippen molar-refractivity contribution in [3.63, 3.8) is 0 Å². The Hall–Kier alpha value is -2.00. The summed E-state index contributed by atoms with van der Waals surface area (Å²) in [5, 5.41) is 27.5. The Balaban J connectivity index is 2.12. The molecule has 0 aliphatic rings. The van der Waals surface area contributed by atoms with Crippen LogP contribution in [0.4, 0.5) is 0 Å². The topological polar surface area (TPSA) is 73.5 Å². The van der Waals surface area contributed by atoms with Gasteiger partial charge in [0.15, 0.2) is 0 Å². The van der Waals surface area contributed by atoms with Crippen molar-refractivity contribution in [1.82, 2.24) is 0 Å². The van der Waals surface area contributed by atoms with Crippen LogP contribution in [-0.4, -0.2) is 17.2 Å². The van der Waals surface area contributed by atoms with Crippen LogP contribution >= 0.6 is 11.6 Å². The van der Waals surface area contributed by atoms with Gasteiger partial charge in [0.2, 0.25) is 0 Å². The van der Waals surface area contributed by atoms with E-state index in [0.717, 1.165) is 11.1 Å². The summed E-state index contributed by atoms with van der Waals surface area (Å²) in [5.41, 5.74) is 2.49. The summed E-state index contributed by atoms with van der Waals surface area (Å²) in [6, 6.07) is 12.0. The van der Waals surface area contributed by atoms with Gasteiger partial charge in [-0.1, -0.05) is 29.8 Å². The maximum atomic E-state index is 9.10. The lowest BCUT2D eigenvalue weighted by molar-refractivity contribution is 0.304. The zero-order valence-corrected chi connectivity index (χ0v) is 12.1. The SMILES string of the molecule is Cc1cc(B(O)O)ccc1OCc1ccc(C#N)cc1Cl. The van der Waals surface area contributed by atoms with Crippen LogP contribution in [0.1, 0.15) is 16.7 Å². The Morgan fingerprint density at radius 2 is 2.00 bits per heavy atom. The summed E-state index contributed by atoms with van der Waals surface area (Å²) < 4.78 is 5.68. The number of hydrogen-bond acceptors (Lipinski definition) is 4. The van der Waals surface area contributed by atoms with E-state index in [4.69, 9.17) is 31.6 Å². The first kappa shape index (κ1) is 15.4. The van der Waals surface area contributed by atoms with Gasteiger partial charge < -0.3 is 14.8 Å². The van der Waals surface area contributed by atoms with Crippen molar-refractivity contribution < 1.29 is 14.8 Å². The largest absolute Gasteiger partial charge is 0.489 e. The molecule has 2 aromatic carbocycles. The second-order valence-electron chi connectivity index (χ2n) is 4.61. The summed E-state index contributed by atoms with van der Waals surface area (Å²) in [6.07, 6.45) is 0. The molecule has 0 aliphatic heterocycles. The van der Waals surface area contributed by atoms with Gasteiger partial charge in [-0.2, -0.15) is 5.26 Å². The summed E-state index contributed by atoms with van der Waals surface area (Å²) in [5.74, 6) is 0.639. The Morgan fingerprint density at radius 3 is 2.57 bits per heavy atom. The number of benzene rings is 2. The molecule has 0 aliphatic carbocycles. The van der Waals surface area contributed by atoms with Gasteiger partial charge >= 0.3 is 7.12 Å². The van der Waals surface area contributed by atoms with E-state index in [1.54, 1.807) is 36.4 Å². The Morgan fingerprint density at radius 1 is 1.24 bits per heavy atom. The zero-order chi connectivity index (χ0) is 15.4. The molecule has 21 heavy (non-hydrogen) atoms. The molecule has 0 radical (unpaired) electrons. The van der Waals surface area contributed by atoms with Gasteiger partial charge in [-0.25, -0.2) is 0 Å². The molecule has 0 heterocycles. The van der Waals surface area contributed by atoms with Gasteiger partial charge in [0, 0.05) is 10.6 Å². The minimum atomic E-state index is -1.49. The van der Waals surface area contributed by atoms with Gasteiger partial charge in [0.25, 0.3) is 0 Å². The molecule has 0 spiro atoms. The maximum Gasteiger partial charge on any atom is 0.488 e. The maximum absolute atomic E-state index is 9.10. The molecule has 0 aromatic heterocycles. The molecule has 0 fully saturated rings. The molecular formula is C15H13BClNO3. The number of ether oxygens (including phenoxy) is 1. The lowest BCUT2D eigenvalue weighted by Crippen LogP contribution is -2.29. The third-order valence-corrected chi connectivity index (χ3v) is 3.41. The predicted molar refractivity (Wildman–Crippen MR) is 81.5 cm³/mol. The normalized spacial score (nSPS) is 10.0. The first-order valence-corrected chi connectivity index (χ1v) is 6.67. The van der Waals surface area contributed by atoms with E-state index in [-0.39, 0.29) is 6.61 Å². The van der Waals surface area contributed by atoms with Crippen LogP contribution < -0.4 is 10.2 Å². The minimum Gasteiger partial charge on any atom is -0.489 e. The van der Waals surface area contributed by atoms with Crippen molar-refractivity contribution in [2.45, 2.75) is 13.5 Å². The number of halogens is 1. The van der Waals surface area contributed by atoms with E-state index in [0.29, 0.717) is 21.8 Å². The number of nitriles is 1. The smallest absolute Gasteiger partial charge is 0.488 e. The van der Waals surface area contributed by atoms with Crippen molar-refractivity contribution in [2.24, 2.45) is 0 Å². The highest BCUT2D eigenvalue weighted by Gasteiger charge is 2.12. The van der Waals surface area contributed by atoms with Gasteiger partial charge in [0.1, 0.15) is 12.4 Å². The number of hydrogen-bond donors (Lipinski definition) is 2. The van der Waals surface area contributed by atoms with Crippen LogP contribution in [0.2, 0.25) is 5.02 Å². The van der Waals surface area contributed by atoms with E-state index in [1.165, 1.54) is 0 Å². The minimum absolute atomic E-state index is 0.270. The standard InChI is InChI=1S/C15H13BClNO3/c1-10-6-13(16(19)20)4-5-15(10)21-9-12-3-2-11(8-18)7-14(12)17/h2-7,19-20H,9H2,1H3. The molecular weight excluding hydrogens is 288 g/mol. The van der Waals surface area contributed by atoms with Crippen molar-refractivity contribution in [3.8, 4) is 11.8 Å². The molecule has 106 valence electrons. The predicted octanol–water partition coefficient (Wildman–Crippen LogP) is 1.78. The Bertz CT molecular complexity index is 698. The Kier molecular flexibility index (Phi) is 4.87. The first-order chi connectivity index (χ1) is 10.0. The van der Waals surface area contributed by atoms with Crippen LogP contribution in [0.25, 0.3) is 0 Å². The van der Waals surface area contributed by atoms with Crippen LogP contribution in [-0.2, 0) is 6.61 Å². The molecule has 0 saturated heterocycles.